The quantitative estimate of drug-likeness (QED) is 0.756. The van der Waals surface area contributed by atoms with Crippen LogP contribution in [0.5, 0.6) is 0 Å². The molecule has 2 atom stereocenters. The van der Waals surface area contributed by atoms with Crippen LogP contribution in [0.1, 0.15) is 37.8 Å². The Balaban J connectivity index is 2.21. The minimum absolute atomic E-state index is 0.160. The first-order valence-electron chi connectivity index (χ1n) is 7.41. The van der Waals surface area contributed by atoms with Gasteiger partial charge in [-0.3, -0.25) is 4.99 Å². The molecule has 0 aliphatic carbocycles. The van der Waals surface area contributed by atoms with E-state index < -0.39 is 0 Å². The second-order valence-corrected chi connectivity index (χ2v) is 6.01. The minimum Gasteiger partial charge on any atom is -0.290 e. The van der Waals surface area contributed by atoms with Gasteiger partial charge in [-0.1, -0.05) is 54.9 Å². The highest BCUT2D eigenvalue weighted by Gasteiger charge is 2.43. The van der Waals surface area contributed by atoms with Crippen molar-refractivity contribution in [2.24, 2.45) is 4.99 Å². The molecule has 21 heavy (non-hydrogen) atoms. The lowest BCUT2D eigenvalue weighted by Crippen LogP contribution is -2.34. The SMILES string of the molecule is CCC1=N[C@@H](C)CC1(c1ccccc1)c1ccc(Cl)nc1. The normalized spacial score (nSPS) is 24.9. The third-order valence-electron chi connectivity index (χ3n) is 4.29. The Kier molecular flexibility index (Phi) is 3.81. The predicted molar refractivity (Wildman–Crippen MR) is 88.3 cm³/mol. The molecule has 108 valence electrons. The number of hydrogen-bond acceptors (Lipinski definition) is 2. The van der Waals surface area contributed by atoms with Gasteiger partial charge in [0, 0.05) is 18.0 Å². The van der Waals surface area contributed by atoms with E-state index in [-0.39, 0.29) is 5.41 Å². The van der Waals surface area contributed by atoms with Gasteiger partial charge in [-0.2, -0.15) is 0 Å². The smallest absolute Gasteiger partial charge is 0.129 e. The molecule has 0 radical (unpaired) electrons. The molecule has 1 aromatic carbocycles. The number of rotatable bonds is 3. The van der Waals surface area contributed by atoms with Crippen LogP contribution in [0.3, 0.4) is 0 Å². The van der Waals surface area contributed by atoms with E-state index >= 15 is 0 Å². The lowest BCUT2D eigenvalue weighted by molar-refractivity contribution is 0.589. The minimum atomic E-state index is -0.160. The van der Waals surface area contributed by atoms with Crippen molar-refractivity contribution < 1.29 is 0 Å². The molecule has 3 heteroatoms. The van der Waals surface area contributed by atoms with Gasteiger partial charge in [-0.15, -0.1) is 0 Å². The summed E-state index contributed by atoms with van der Waals surface area (Å²) in [5, 5.41) is 0.531. The maximum Gasteiger partial charge on any atom is 0.129 e. The van der Waals surface area contributed by atoms with Crippen LogP contribution >= 0.6 is 11.6 Å². The van der Waals surface area contributed by atoms with Crippen molar-refractivity contribution in [3.05, 3.63) is 64.9 Å². The van der Waals surface area contributed by atoms with Crippen molar-refractivity contribution in [3.63, 3.8) is 0 Å². The van der Waals surface area contributed by atoms with Crippen LogP contribution in [-0.4, -0.2) is 16.7 Å². The lowest BCUT2D eigenvalue weighted by Gasteiger charge is -2.32. The molecule has 1 aliphatic rings. The first-order chi connectivity index (χ1) is 10.2. The van der Waals surface area contributed by atoms with E-state index in [0.717, 1.165) is 12.8 Å². The van der Waals surface area contributed by atoms with E-state index in [1.807, 2.05) is 12.3 Å². The summed E-state index contributed by atoms with van der Waals surface area (Å²) < 4.78 is 0. The number of aromatic nitrogens is 1. The Morgan fingerprint density at radius 2 is 1.90 bits per heavy atom. The Morgan fingerprint density at radius 3 is 2.52 bits per heavy atom. The summed E-state index contributed by atoms with van der Waals surface area (Å²) in [6.07, 6.45) is 3.84. The van der Waals surface area contributed by atoms with Crippen LogP contribution in [0, 0.1) is 0 Å². The third kappa shape index (κ3) is 2.38. The van der Waals surface area contributed by atoms with E-state index in [2.05, 4.69) is 55.2 Å². The number of halogens is 1. The summed E-state index contributed by atoms with van der Waals surface area (Å²) in [6.45, 7) is 4.36. The molecule has 2 aromatic rings. The topological polar surface area (TPSA) is 25.2 Å². The van der Waals surface area contributed by atoms with Gasteiger partial charge in [0.15, 0.2) is 0 Å². The van der Waals surface area contributed by atoms with Crippen LogP contribution in [0.2, 0.25) is 5.15 Å². The third-order valence-corrected chi connectivity index (χ3v) is 4.52. The van der Waals surface area contributed by atoms with E-state index in [4.69, 9.17) is 16.6 Å². The van der Waals surface area contributed by atoms with Crippen LogP contribution in [0.15, 0.2) is 53.7 Å². The van der Waals surface area contributed by atoms with Gasteiger partial charge in [-0.05, 0) is 37.0 Å². The molecular weight excluding hydrogens is 280 g/mol. The summed E-state index contributed by atoms with van der Waals surface area (Å²) in [6, 6.07) is 14.9. The highest BCUT2D eigenvalue weighted by molar-refractivity contribution is 6.29. The van der Waals surface area contributed by atoms with E-state index in [1.165, 1.54) is 16.8 Å². The zero-order chi connectivity index (χ0) is 14.9. The van der Waals surface area contributed by atoms with Crippen LogP contribution in [0.4, 0.5) is 0 Å². The average molecular weight is 299 g/mol. The molecule has 1 aromatic heterocycles. The number of benzene rings is 1. The van der Waals surface area contributed by atoms with Gasteiger partial charge < -0.3 is 0 Å². The first-order valence-corrected chi connectivity index (χ1v) is 7.79. The molecule has 0 amide bonds. The molecule has 1 aliphatic heterocycles. The zero-order valence-electron chi connectivity index (χ0n) is 12.4. The molecule has 3 rings (SSSR count). The van der Waals surface area contributed by atoms with Gasteiger partial charge in [0.05, 0.1) is 5.41 Å². The Labute approximate surface area is 130 Å². The van der Waals surface area contributed by atoms with E-state index in [0.29, 0.717) is 11.2 Å². The molecule has 0 saturated carbocycles. The predicted octanol–water partition coefficient (Wildman–Crippen LogP) is 4.66. The van der Waals surface area contributed by atoms with Crippen LogP contribution in [0.25, 0.3) is 0 Å². The fourth-order valence-corrected chi connectivity index (χ4v) is 3.57. The standard InChI is InChI=1S/C18H19ClN2/c1-3-16-18(11-13(2)21-16,14-7-5-4-6-8-14)15-9-10-17(19)20-12-15/h4-10,12-13H,3,11H2,1-2H3/t13-,18?/m0/s1. The Bertz CT molecular complexity index is 649. The molecule has 0 saturated heterocycles. The van der Waals surface area contributed by atoms with Crippen molar-refractivity contribution >= 4 is 17.3 Å². The largest absolute Gasteiger partial charge is 0.290 e. The number of nitrogens with zero attached hydrogens (tertiary/aromatic N) is 2. The van der Waals surface area contributed by atoms with E-state index in [1.54, 1.807) is 0 Å². The van der Waals surface area contributed by atoms with Crippen molar-refractivity contribution in [2.45, 2.75) is 38.1 Å². The van der Waals surface area contributed by atoms with Crippen molar-refractivity contribution in [1.82, 2.24) is 4.98 Å². The molecule has 2 heterocycles. The highest BCUT2D eigenvalue weighted by Crippen LogP contribution is 2.43. The molecule has 2 nitrogen and oxygen atoms in total. The number of hydrogen-bond donors (Lipinski definition) is 0. The van der Waals surface area contributed by atoms with Gasteiger partial charge in [-0.25, -0.2) is 4.98 Å². The van der Waals surface area contributed by atoms with Gasteiger partial charge >= 0.3 is 0 Å². The fraction of sp³-hybridized carbons (Fsp3) is 0.333. The Hall–Kier alpha value is -1.67. The van der Waals surface area contributed by atoms with Crippen molar-refractivity contribution in [2.75, 3.05) is 0 Å². The van der Waals surface area contributed by atoms with Gasteiger partial charge in [0.2, 0.25) is 0 Å². The van der Waals surface area contributed by atoms with Gasteiger partial charge in [0.25, 0.3) is 0 Å². The molecule has 0 bridgehead atoms. The van der Waals surface area contributed by atoms with E-state index in [9.17, 15) is 0 Å². The summed E-state index contributed by atoms with van der Waals surface area (Å²) in [5.74, 6) is 0. The van der Waals surface area contributed by atoms with Gasteiger partial charge in [0.1, 0.15) is 5.15 Å². The molecular formula is C18H19ClN2. The number of aliphatic imine (C=N–C) groups is 1. The maximum atomic E-state index is 5.97. The monoisotopic (exact) mass is 298 g/mol. The fourth-order valence-electron chi connectivity index (χ4n) is 3.46. The molecule has 0 fully saturated rings. The second-order valence-electron chi connectivity index (χ2n) is 5.62. The average Bonchev–Trinajstić information content (AvgIpc) is 2.86. The second kappa shape index (κ2) is 5.61. The lowest BCUT2D eigenvalue weighted by atomic mass is 9.69. The zero-order valence-corrected chi connectivity index (χ0v) is 13.1. The summed E-state index contributed by atoms with van der Waals surface area (Å²) in [4.78, 5) is 9.19. The Morgan fingerprint density at radius 1 is 1.14 bits per heavy atom. The van der Waals surface area contributed by atoms with Crippen LogP contribution in [-0.2, 0) is 5.41 Å². The molecule has 0 N–H and O–H groups in total. The molecule has 0 spiro atoms. The number of pyridine rings is 1. The first kappa shape index (κ1) is 14.3. The van der Waals surface area contributed by atoms with Crippen LogP contribution < -0.4 is 0 Å². The van der Waals surface area contributed by atoms with Crippen molar-refractivity contribution in [1.29, 1.82) is 0 Å². The summed E-state index contributed by atoms with van der Waals surface area (Å²) >= 11 is 5.97. The maximum absolute atomic E-state index is 5.97. The highest BCUT2D eigenvalue weighted by atomic mass is 35.5. The van der Waals surface area contributed by atoms with Crippen molar-refractivity contribution in [3.8, 4) is 0 Å². The molecule has 1 unspecified atom stereocenters. The summed E-state index contributed by atoms with van der Waals surface area (Å²) in [5.41, 5.74) is 3.56. The summed E-state index contributed by atoms with van der Waals surface area (Å²) in [7, 11) is 0.